The van der Waals surface area contributed by atoms with Crippen molar-refractivity contribution >= 4 is 0 Å². The molecule has 132 valence electrons. The minimum atomic E-state index is 0. The van der Waals surface area contributed by atoms with Gasteiger partial charge in [-0.2, -0.15) is 36.4 Å². The molecule has 0 aliphatic rings. The van der Waals surface area contributed by atoms with Crippen LogP contribution in [0.2, 0.25) is 0 Å². The largest absolute Gasteiger partial charge is 0.457 e. The molecule has 0 amide bonds. The average molecular weight is 412 g/mol. The van der Waals surface area contributed by atoms with Gasteiger partial charge >= 0.3 is 0 Å². The number of para-hydroxylation sites is 2. The van der Waals surface area contributed by atoms with Crippen LogP contribution in [0.4, 0.5) is 0 Å². The van der Waals surface area contributed by atoms with E-state index in [1.54, 1.807) is 0 Å². The van der Waals surface area contributed by atoms with Gasteiger partial charge < -0.3 is 4.74 Å². The molecule has 4 rings (SSSR count). The van der Waals surface area contributed by atoms with Crippen molar-refractivity contribution < 1.29 is 38.9 Å². The molecule has 0 aromatic heterocycles. The third-order valence-electron chi connectivity index (χ3n) is 2.83. The standard InChI is InChI=1S/C12H10O.2C5H5.2Fe/c1-3-7-11(8-4-1)13-12-9-5-2-6-10-12;2*1-2-4-5-3-1;;/h1-10H;2*1-5H;;/q;2*-1;;. The summed E-state index contributed by atoms with van der Waals surface area (Å²) in [7, 11) is 0. The quantitative estimate of drug-likeness (QED) is 0.278. The maximum Gasteiger partial charge on any atom is 0.127 e. The zero-order valence-electron chi connectivity index (χ0n) is 13.7. The Morgan fingerprint density at radius 3 is 1.00 bits per heavy atom. The monoisotopic (exact) mass is 412 g/mol. The maximum atomic E-state index is 5.58. The van der Waals surface area contributed by atoms with Gasteiger partial charge in [0.15, 0.2) is 0 Å². The molecule has 4 aromatic carbocycles. The van der Waals surface area contributed by atoms with Crippen LogP contribution in [0.1, 0.15) is 0 Å². The Bertz CT molecular complexity index is 592. The number of hydrogen-bond acceptors (Lipinski definition) is 1. The van der Waals surface area contributed by atoms with E-state index in [1.165, 1.54) is 0 Å². The van der Waals surface area contributed by atoms with E-state index in [0.717, 1.165) is 11.5 Å². The van der Waals surface area contributed by atoms with Crippen LogP contribution in [0.15, 0.2) is 121 Å². The molecule has 0 saturated carbocycles. The molecule has 0 fully saturated rings. The van der Waals surface area contributed by atoms with Crippen molar-refractivity contribution in [1.29, 1.82) is 0 Å². The van der Waals surface area contributed by atoms with Gasteiger partial charge in [-0.15, -0.1) is 0 Å². The van der Waals surface area contributed by atoms with E-state index in [9.17, 15) is 0 Å². The van der Waals surface area contributed by atoms with E-state index < -0.39 is 0 Å². The topological polar surface area (TPSA) is 9.23 Å². The number of benzene rings is 2. The van der Waals surface area contributed by atoms with E-state index in [0.29, 0.717) is 0 Å². The summed E-state index contributed by atoms with van der Waals surface area (Å²) >= 11 is 0. The van der Waals surface area contributed by atoms with E-state index in [1.807, 2.05) is 121 Å². The van der Waals surface area contributed by atoms with Crippen LogP contribution in [-0.4, -0.2) is 0 Å². The Labute approximate surface area is 171 Å². The fourth-order valence-corrected chi connectivity index (χ4v) is 1.75. The SMILES string of the molecule is [Fe].[Fe].c1cc[cH-]c1.c1cc[cH-]c1.c1ccc(Oc2ccccc2)cc1. The van der Waals surface area contributed by atoms with Gasteiger partial charge in [0.05, 0.1) is 0 Å². The number of hydrogen-bond donors (Lipinski definition) is 0. The van der Waals surface area contributed by atoms with Crippen LogP contribution in [0, 0.1) is 0 Å². The van der Waals surface area contributed by atoms with Gasteiger partial charge in [-0.25, -0.2) is 24.3 Å². The molecular weight excluding hydrogens is 392 g/mol. The molecule has 0 aliphatic heterocycles. The molecule has 25 heavy (non-hydrogen) atoms. The normalized spacial score (nSPS) is 8.16. The number of ether oxygens (including phenoxy) is 1. The van der Waals surface area contributed by atoms with Crippen molar-refractivity contribution in [2.45, 2.75) is 0 Å². The molecule has 0 heterocycles. The van der Waals surface area contributed by atoms with Gasteiger partial charge in [0.25, 0.3) is 0 Å². The summed E-state index contributed by atoms with van der Waals surface area (Å²) in [6.07, 6.45) is 0. The van der Waals surface area contributed by atoms with Crippen molar-refractivity contribution in [3.8, 4) is 11.5 Å². The van der Waals surface area contributed by atoms with Crippen molar-refractivity contribution in [2.75, 3.05) is 0 Å². The van der Waals surface area contributed by atoms with Gasteiger partial charge in [0.2, 0.25) is 0 Å². The predicted octanol–water partition coefficient (Wildman–Crippen LogP) is 6.28. The fourth-order valence-electron chi connectivity index (χ4n) is 1.75. The first-order valence-electron chi connectivity index (χ1n) is 7.56. The zero-order chi connectivity index (χ0) is 16.0. The molecule has 0 bridgehead atoms. The van der Waals surface area contributed by atoms with Gasteiger partial charge in [-0.05, 0) is 24.3 Å². The van der Waals surface area contributed by atoms with Crippen molar-refractivity contribution in [3.05, 3.63) is 121 Å². The van der Waals surface area contributed by atoms with Gasteiger partial charge in [-0.3, -0.25) is 0 Å². The molecule has 1 nitrogen and oxygen atoms in total. The van der Waals surface area contributed by atoms with Gasteiger partial charge in [0, 0.05) is 34.1 Å². The zero-order valence-corrected chi connectivity index (χ0v) is 15.9. The average Bonchev–Trinajstić information content (AvgIpc) is 3.35. The molecule has 0 saturated heterocycles. The molecule has 0 radical (unpaired) electrons. The first-order chi connectivity index (χ1) is 11.4. The second-order valence-corrected chi connectivity index (χ2v) is 4.65. The third kappa shape index (κ3) is 11.2. The molecule has 3 heteroatoms. The first kappa shape index (κ1) is 23.0. The molecule has 0 spiro atoms. The Morgan fingerprint density at radius 2 is 0.760 bits per heavy atom. The van der Waals surface area contributed by atoms with Crippen LogP contribution in [-0.2, 0) is 34.1 Å². The second kappa shape index (κ2) is 15.5. The third-order valence-corrected chi connectivity index (χ3v) is 2.83. The van der Waals surface area contributed by atoms with E-state index in [4.69, 9.17) is 4.74 Å². The van der Waals surface area contributed by atoms with E-state index in [2.05, 4.69) is 0 Å². The summed E-state index contributed by atoms with van der Waals surface area (Å²) < 4.78 is 5.58. The van der Waals surface area contributed by atoms with Crippen molar-refractivity contribution in [1.82, 2.24) is 0 Å². The summed E-state index contributed by atoms with van der Waals surface area (Å²) in [5, 5.41) is 0. The van der Waals surface area contributed by atoms with Crippen LogP contribution >= 0.6 is 0 Å². The minimum absolute atomic E-state index is 0. The number of rotatable bonds is 2. The molecule has 0 N–H and O–H groups in total. The van der Waals surface area contributed by atoms with Gasteiger partial charge in [-0.1, -0.05) is 36.4 Å². The maximum absolute atomic E-state index is 5.58. The second-order valence-electron chi connectivity index (χ2n) is 4.65. The summed E-state index contributed by atoms with van der Waals surface area (Å²) in [5.41, 5.74) is 0. The summed E-state index contributed by atoms with van der Waals surface area (Å²) in [6, 6.07) is 39.5. The van der Waals surface area contributed by atoms with E-state index >= 15 is 0 Å². The molecular formula is C22H20Fe2O-2. The fraction of sp³-hybridized carbons (Fsp3) is 0. The summed E-state index contributed by atoms with van der Waals surface area (Å²) in [5.74, 6) is 1.74. The molecule has 0 unspecified atom stereocenters. The smallest absolute Gasteiger partial charge is 0.127 e. The summed E-state index contributed by atoms with van der Waals surface area (Å²) in [6.45, 7) is 0. The van der Waals surface area contributed by atoms with Crippen LogP contribution in [0.3, 0.4) is 0 Å². The van der Waals surface area contributed by atoms with Crippen LogP contribution in [0.25, 0.3) is 0 Å². The Balaban J connectivity index is 0.000000400. The Morgan fingerprint density at radius 1 is 0.440 bits per heavy atom. The van der Waals surface area contributed by atoms with Crippen LogP contribution in [0.5, 0.6) is 11.5 Å². The predicted molar refractivity (Wildman–Crippen MR) is 97.0 cm³/mol. The Hall–Kier alpha value is -2.02. The molecule has 0 atom stereocenters. The van der Waals surface area contributed by atoms with Crippen molar-refractivity contribution in [2.24, 2.45) is 0 Å². The molecule has 4 aromatic rings. The molecule has 0 aliphatic carbocycles. The Kier molecular flexibility index (Phi) is 14.3. The van der Waals surface area contributed by atoms with Gasteiger partial charge in [0.1, 0.15) is 11.5 Å². The van der Waals surface area contributed by atoms with Crippen LogP contribution < -0.4 is 4.74 Å². The van der Waals surface area contributed by atoms with Crippen molar-refractivity contribution in [3.63, 3.8) is 0 Å². The minimum Gasteiger partial charge on any atom is -0.457 e. The van der Waals surface area contributed by atoms with E-state index in [-0.39, 0.29) is 34.1 Å². The summed E-state index contributed by atoms with van der Waals surface area (Å²) in [4.78, 5) is 0. The first-order valence-corrected chi connectivity index (χ1v) is 7.56.